The van der Waals surface area contributed by atoms with Crippen molar-refractivity contribution in [2.24, 2.45) is 11.5 Å². The van der Waals surface area contributed by atoms with E-state index in [-0.39, 0.29) is 11.8 Å². The fourth-order valence-corrected chi connectivity index (χ4v) is 1.67. The molecule has 6 nitrogen and oxygen atoms in total. The van der Waals surface area contributed by atoms with E-state index < -0.39 is 11.1 Å². The van der Waals surface area contributed by atoms with E-state index in [0.29, 0.717) is 13.1 Å². The molecule has 6 N–H and O–H groups in total. The molecule has 1 aromatic rings. The molecule has 0 bridgehead atoms. The molecule has 1 rings (SSSR count). The van der Waals surface area contributed by atoms with Gasteiger partial charge in [-0.2, -0.15) is 0 Å². The van der Waals surface area contributed by atoms with Crippen LogP contribution in [0.25, 0.3) is 0 Å². The second-order valence-electron chi connectivity index (χ2n) is 6.63. The molecule has 122 valence electrons. The normalized spacial score (nSPS) is 11.9. The maximum Gasteiger partial charge on any atom is 0.239 e. The first-order valence-electron chi connectivity index (χ1n) is 7.22. The van der Waals surface area contributed by atoms with Crippen molar-refractivity contribution in [1.82, 2.24) is 10.6 Å². The summed E-state index contributed by atoms with van der Waals surface area (Å²) in [6.45, 7) is 7.41. The van der Waals surface area contributed by atoms with Crippen LogP contribution in [0.1, 0.15) is 38.8 Å². The van der Waals surface area contributed by atoms with Gasteiger partial charge in [-0.15, -0.1) is 0 Å². The summed E-state index contributed by atoms with van der Waals surface area (Å²) in [4.78, 5) is 23.5. The first kappa shape index (κ1) is 18.1. The smallest absolute Gasteiger partial charge is 0.239 e. The summed E-state index contributed by atoms with van der Waals surface area (Å²) in [7, 11) is 0. The third kappa shape index (κ3) is 5.83. The zero-order chi connectivity index (χ0) is 17.0. The lowest BCUT2D eigenvalue weighted by Gasteiger charge is -2.19. The highest BCUT2D eigenvalue weighted by Crippen LogP contribution is 2.07. The zero-order valence-electron chi connectivity index (χ0n) is 13.7. The van der Waals surface area contributed by atoms with E-state index in [1.54, 1.807) is 27.7 Å². The Morgan fingerprint density at radius 3 is 1.59 bits per heavy atom. The summed E-state index contributed by atoms with van der Waals surface area (Å²) in [5, 5.41) is 5.57. The van der Waals surface area contributed by atoms with Gasteiger partial charge in [0.15, 0.2) is 0 Å². The maximum atomic E-state index is 11.7. The van der Waals surface area contributed by atoms with E-state index in [0.717, 1.165) is 11.1 Å². The Balaban J connectivity index is 2.60. The Morgan fingerprint density at radius 2 is 1.27 bits per heavy atom. The zero-order valence-corrected chi connectivity index (χ0v) is 13.7. The van der Waals surface area contributed by atoms with Crippen molar-refractivity contribution < 1.29 is 9.59 Å². The predicted molar refractivity (Wildman–Crippen MR) is 86.7 cm³/mol. The van der Waals surface area contributed by atoms with Gasteiger partial charge in [-0.1, -0.05) is 24.3 Å². The summed E-state index contributed by atoms with van der Waals surface area (Å²) >= 11 is 0. The number of hydrogen-bond acceptors (Lipinski definition) is 4. The monoisotopic (exact) mass is 306 g/mol. The quantitative estimate of drug-likeness (QED) is 0.609. The van der Waals surface area contributed by atoms with Crippen molar-refractivity contribution in [1.29, 1.82) is 0 Å². The molecule has 22 heavy (non-hydrogen) atoms. The van der Waals surface area contributed by atoms with Crippen LogP contribution in [-0.4, -0.2) is 22.9 Å². The molecule has 0 atom stereocenters. The molecule has 0 aliphatic heterocycles. The highest BCUT2D eigenvalue weighted by atomic mass is 16.2. The van der Waals surface area contributed by atoms with Gasteiger partial charge < -0.3 is 22.1 Å². The van der Waals surface area contributed by atoms with Crippen LogP contribution in [0.2, 0.25) is 0 Å². The molecule has 6 heteroatoms. The van der Waals surface area contributed by atoms with Crippen LogP contribution < -0.4 is 22.1 Å². The van der Waals surface area contributed by atoms with Crippen LogP contribution in [0, 0.1) is 0 Å². The van der Waals surface area contributed by atoms with Crippen molar-refractivity contribution in [3.05, 3.63) is 35.4 Å². The van der Waals surface area contributed by atoms with E-state index in [9.17, 15) is 9.59 Å². The van der Waals surface area contributed by atoms with E-state index in [4.69, 9.17) is 11.5 Å². The number of nitrogens with one attached hydrogen (secondary N) is 2. The molecule has 0 aliphatic carbocycles. The topological polar surface area (TPSA) is 110 Å². The minimum absolute atomic E-state index is 0.212. The fourth-order valence-electron chi connectivity index (χ4n) is 1.67. The average molecular weight is 306 g/mol. The van der Waals surface area contributed by atoms with Gasteiger partial charge in [0, 0.05) is 13.1 Å². The van der Waals surface area contributed by atoms with Crippen molar-refractivity contribution in [2.75, 3.05) is 0 Å². The molecule has 0 aliphatic rings. The van der Waals surface area contributed by atoms with Gasteiger partial charge in [0.2, 0.25) is 11.8 Å². The number of amides is 2. The second-order valence-corrected chi connectivity index (χ2v) is 6.63. The lowest BCUT2D eigenvalue weighted by Crippen LogP contribution is -2.49. The van der Waals surface area contributed by atoms with Gasteiger partial charge in [0.25, 0.3) is 0 Å². The first-order chi connectivity index (χ1) is 10.00. The number of hydrogen-bond donors (Lipinski definition) is 4. The van der Waals surface area contributed by atoms with Crippen LogP contribution in [0.15, 0.2) is 24.3 Å². The minimum atomic E-state index is -0.904. The van der Waals surface area contributed by atoms with E-state index in [2.05, 4.69) is 10.6 Å². The Hall–Kier alpha value is -1.92. The molecule has 0 radical (unpaired) electrons. The standard InChI is InChI=1S/C16H26N4O2/c1-15(2,17)13(21)19-9-11-6-5-7-12(8-11)10-20-14(22)16(3,4)18/h5-8H,9-10,17-18H2,1-4H3,(H,19,21)(H,20,22). The van der Waals surface area contributed by atoms with Crippen LogP contribution in [0.3, 0.4) is 0 Å². The van der Waals surface area contributed by atoms with Gasteiger partial charge in [-0.25, -0.2) is 0 Å². The summed E-state index contributed by atoms with van der Waals surface area (Å²) < 4.78 is 0. The van der Waals surface area contributed by atoms with Crippen molar-refractivity contribution >= 4 is 11.8 Å². The van der Waals surface area contributed by atoms with Gasteiger partial charge in [0.05, 0.1) is 11.1 Å². The summed E-state index contributed by atoms with van der Waals surface area (Å²) in [5.41, 5.74) is 11.5. The molecular formula is C16H26N4O2. The van der Waals surface area contributed by atoms with Crippen molar-refractivity contribution in [2.45, 2.75) is 51.9 Å². The minimum Gasteiger partial charge on any atom is -0.350 e. The van der Waals surface area contributed by atoms with Crippen LogP contribution >= 0.6 is 0 Å². The molecule has 0 spiro atoms. The van der Waals surface area contributed by atoms with E-state index in [1.807, 2.05) is 24.3 Å². The number of carbonyl (C=O) groups is 2. The highest BCUT2D eigenvalue weighted by Gasteiger charge is 2.22. The van der Waals surface area contributed by atoms with Crippen molar-refractivity contribution in [3.8, 4) is 0 Å². The molecule has 0 fully saturated rings. The van der Waals surface area contributed by atoms with Crippen LogP contribution in [0.4, 0.5) is 0 Å². The van der Waals surface area contributed by atoms with Gasteiger partial charge in [0.1, 0.15) is 0 Å². The predicted octanol–water partition coefficient (Wildman–Crippen LogP) is 0.394. The molecule has 0 unspecified atom stereocenters. The Morgan fingerprint density at radius 1 is 0.909 bits per heavy atom. The summed E-state index contributed by atoms with van der Waals surface area (Å²) in [6, 6.07) is 7.61. The van der Waals surface area contributed by atoms with Gasteiger partial charge in [-0.05, 0) is 38.8 Å². The molecular weight excluding hydrogens is 280 g/mol. The number of benzene rings is 1. The lowest BCUT2D eigenvalue weighted by atomic mass is 10.1. The first-order valence-corrected chi connectivity index (χ1v) is 7.22. The van der Waals surface area contributed by atoms with Gasteiger partial charge in [-0.3, -0.25) is 9.59 Å². The number of rotatable bonds is 6. The second kappa shape index (κ2) is 6.89. The SMILES string of the molecule is CC(C)(N)C(=O)NCc1cccc(CNC(=O)C(C)(C)N)c1. The maximum absolute atomic E-state index is 11.7. The van der Waals surface area contributed by atoms with Crippen LogP contribution in [0.5, 0.6) is 0 Å². The largest absolute Gasteiger partial charge is 0.350 e. The van der Waals surface area contributed by atoms with E-state index >= 15 is 0 Å². The third-order valence-corrected chi connectivity index (χ3v) is 3.07. The van der Waals surface area contributed by atoms with Gasteiger partial charge >= 0.3 is 0 Å². The van der Waals surface area contributed by atoms with Crippen molar-refractivity contribution in [3.63, 3.8) is 0 Å². The Bertz CT molecular complexity index is 497. The molecule has 0 saturated carbocycles. The highest BCUT2D eigenvalue weighted by molar-refractivity contribution is 5.85. The molecule has 0 saturated heterocycles. The lowest BCUT2D eigenvalue weighted by molar-refractivity contribution is -0.126. The summed E-state index contributed by atoms with van der Waals surface area (Å²) in [6.07, 6.45) is 0. The molecule has 2 amide bonds. The Labute approximate surface area is 131 Å². The third-order valence-electron chi connectivity index (χ3n) is 3.07. The number of nitrogens with two attached hydrogens (primary N) is 2. The average Bonchev–Trinajstić information content (AvgIpc) is 2.40. The fraction of sp³-hybridized carbons (Fsp3) is 0.500. The van der Waals surface area contributed by atoms with Crippen LogP contribution in [-0.2, 0) is 22.7 Å². The Kier molecular flexibility index (Phi) is 5.68. The van der Waals surface area contributed by atoms with E-state index in [1.165, 1.54) is 0 Å². The molecule has 1 aromatic carbocycles. The number of carbonyl (C=O) groups excluding carboxylic acids is 2. The summed E-state index contributed by atoms with van der Waals surface area (Å²) in [5.74, 6) is -0.424. The molecule has 0 aromatic heterocycles. The molecule has 0 heterocycles.